The lowest BCUT2D eigenvalue weighted by atomic mass is 10.2. The average molecular weight is 370 g/mol. The number of hydrogen-bond donors (Lipinski definition) is 1. The van der Waals surface area contributed by atoms with Crippen molar-refractivity contribution in [2.45, 2.75) is 38.1 Å². The molecule has 1 fully saturated rings. The summed E-state index contributed by atoms with van der Waals surface area (Å²) < 4.78 is 11.3. The molecule has 0 bridgehead atoms. The van der Waals surface area contributed by atoms with Crippen molar-refractivity contribution in [3.05, 3.63) is 28.7 Å². The second-order valence-electron chi connectivity index (χ2n) is 5.27. The molecule has 1 aromatic carbocycles. The van der Waals surface area contributed by atoms with Crippen LogP contribution in [-0.2, 0) is 14.3 Å². The van der Waals surface area contributed by atoms with Crippen LogP contribution in [0.1, 0.15) is 32.1 Å². The summed E-state index contributed by atoms with van der Waals surface area (Å²) in [6, 6.07) is 7.62. The Balaban J connectivity index is 1.58. The van der Waals surface area contributed by atoms with Crippen LogP contribution in [0.4, 0.5) is 0 Å². The maximum atomic E-state index is 11.6. The Morgan fingerprint density at radius 1 is 1.27 bits per heavy atom. The van der Waals surface area contributed by atoms with Crippen molar-refractivity contribution in [3.8, 4) is 5.75 Å². The van der Waals surface area contributed by atoms with E-state index in [1.54, 1.807) is 0 Å². The summed E-state index contributed by atoms with van der Waals surface area (Å²) in [5, 5.41) is 2.87. The van der Waals surface area contributed by atoms with Gasteiger partial charge in [0.25, 0.3) is 5.91 Å². The maximum Gasteiger partial charge on any atom is 0.309 e. The van der Waals surface area contributed by atoms with Crippen LogP contribution in [0.2, 0.25) is 0 Å². The van der Waals surface area contributed by atoms with Gasteiger partial charge in [-0.15, -0.1) is 0 Å². The zero-order chi connectivity index (χ0) is 15.8. The standard InChI is InChI=1S/C16H20BrNO4/c17-12-4-3-7-14(10-12)21-9-8-16(20)22-11-15(19)18-13-5-1-2-6-13/h3-4,7,10,13H,1-2,5-6,8-9,11H2,(H,18,19). The van der Waals surface area contributed by atoms with Gasteiger partial charge in [0.2, 0.25) is 0 Å². The molecule has 2 rings (SSSR count). The molecule has 6 heteroatoms. The molecule has 1 aromatic rings. The molecule has 120 valence electrons. The molecule has 0 radical (unpaired) electrons. The smallest absolute Gasteiger partial charge is 0.309 e. The van der Waals surface area contributed by atoms with Crippen LogP contribution in [0, 0.1) is 0 Å². The number of carbonyl (C=O) groups excluding carboxylic acids is 2. The number of halogens is 1. The van der Waals surface area contributed by atoms with Crippen LogP contribution in [0.3, 0.4) is 0 Å². The molecule has 0 aliphatic heterocycles. The van der Waals surface area contributed by atoms with Crippen molar-refractivity contribution >= 4 is 27.8 Å². The highest BCUT2D eigenvalue weighted by atomic mass is 79.9. The van der Waals surface area contributed by atoms with Gasteiger partial charge in [0.1, 0.15) is 5.75 Å². The molecule has 1 saturated carbocycles. The summed E-state index contributed by atoms with van der Waals surface area (Å²) >= 11 is 3.34. The molecular weight excluding hydrogens is 350 g/mol. The molecule has 5 nitrogen and oxygen atoms in total. The molecule has 1 aliphatic rings. The van der Waals surface area contributed by atoms with Gasteiger partial charge in [0.05, 0.1) is 13.0 Å². The molecule has 0 unspecified atom stereocenters. The summed E-state index contributed by atoms with van der Waals surface area (Å²) in [5.41, 5.74) is 0. The van der Waals surface area contributed by atoms with Crippen LogP contribution in [-0.4, -0.2) is 31.1 Å². The quantitative estimate of drug-likeness (QED) is 0.750. The van der Waals surface area contributed by atoms with Gasteiger partial charge in [-0.1, -0.05) is 34.8 Å². The van der Waals surface area contributed by atoms with Gasteiger partial charge < -0.3 is 14.8 Å². The van der Waals surface area contributed by atoms with Crippen molar-refractivity contribution in [2.24, 2.45) is 0 Å². The Morgan fingerprint density at radius 2 is 2.05 bits per heavy atom. The molecular formula is C16H20BrNO4. The van der Waals surface area contributed by atoms with E-state index >= 15 is 0 Å². The highest BCUT2D eigenvalue weighted by Crippen LogP contribution is 2.18. The van der Waals surface area contributed by atoms with E-state index in [2.05, 4.69) is 21.2 Å². The first-order valence-corrected chi connectivity index (χ1v) is 8.26. The predicted octanol–water partition coefficient (Wildman–Crippen LogP) is 2.82. The first-order valence-electron chi connectivity index (χ1n) is 7.47. The molecule has 0 saturated heterocycles. The van der Waals surface area contributed by atoms with Crippen molar-refractivity contribution in [1.29, 1.82) is 0 Å². The highest BCUT2D eigenvalue weighted by molar-refractivity contribution is 9.10. The van der Waals surface area contributed by atoms with Gasteiger partial charge in [0.15, 0.2) is 6.61 Å². The molecule has 22 heavy (non-hydrogen) atoms. The van der Waals surface area contributed by atoms with Crippen LogP contribution in [0.5, 0.6) is 5.75 Å². The number of nitrogens with one attached hydrogen (secondary N) is 1. The third-order valence-corrected chi connectivity index (χ3v) is 3.95. The number of ether oxygens (including phenoxy) is 2. The van der Waals surface area contributed by atoms with Crippen LogP contribution >= 0.6 is 15.9 Å². The third kappa shape index (κ3) is 6.05. The van der Waals surface area contributed by atoms with Gasteiger partial charge in [0, 0.05) is 10.5 Å². The van der Waals surface area contributed by atoms with Crippen LogP contribution in [0.15, 0.2) is 28.7 Å². The van der Waals surface area contributed by atoms with E-state index in [1.165, 1.54) is 0 Å². The molecule has 0 spiro atoms. The molecule has 0 atom stereocenters. The van der Waals surface area contributed by atoms with E-state index in [1.807, 2.05) is 24.3 Å². The SMILES string of the molecule is O=C(COC(=O)CCOc1cccc(Br)c1)NC1CCCC1. The Morgan fingerprint density at radius 3 is 2.77 bits per heavy atom. The fraction of sp³-hybridized carbons (Fsp3) is 0.500. The Kier molecular flexibility index (Phi) is 6.71. The van der Waals surface area contributed by atoms with Crippen LogP contribution in [0.25, 0.3) is 0 Å². The molecule has 1 N–H and O–H groups in total. The summed E-state index contributed by atoms with van der Waals surface area (Å²) in [5.74, 6) is 0.0193. The van der Waals surface area contributed by atoms with Crippen molar-refractivity contribution < 1.29 is 19.1 Å². The Hall–Kier alpha value is -1.56. The van der Waals surface area contributed by atoms with Crippen molar-refractivity contribution in [1.82, 2.24) is 5.32 Å². The fourth-order valence-electron chi connectivity index (χ4n) is 2.37. The molecule has 0 aromatic heterocycles. The summed E-state index contributed by atoms with van der Waals surface area (Å²) in [6.45, 7) is 0.00570. The number of amides is 1. The highest BCUT2D eigenvalue weighted by Gasteiger charge is 2.17. The number of carbonyl (C=O) groups is 2. The number of esters is 1. The van der Waals surface area contributed by atoms with E-state index in [9.17, 15) is 9.59 Å². The topological polar surface area (TPSA) is 64.6 Å². The minimum absolute atomic E-state index is 0.114. The fourth-order valence-corrected chi connectivity index (χ4v) is 2.74. The largest absolute Gasteiger partial charge is 0.493 e. The summed E-state index contributed by atoms with van der Waals surface area (Å²) in [6.07, 6.45) is 4.44. The second-order valence-corrected chi connectivity index (χ2v) is 6.18. The minimum atomic E-state index is -0.434. The number of hydrogen-bond acceptors (Lipinski definition) is 4. The van der Waals surface area contributed by atoms with E-state index in [0.717, 1.165) is 30.2 Å². The summed E-state index contributed by atoms with van der Waals surface area (Å²) in [4.78, 5) is 23.2. The number of benzene rings is 1. The van der Waals surface area contributed by atoms with E-state index < -0.39 is 5.97 Å². The lowest BCUT2D eigenvalue weighted by Crippen LogP contribution is -2.36. The zero-order valence-corrected chi connectivity index (χ0v) is 13.9. The van der Waals surface area contributed by atoms with E-state index in [-0.39, 0.29) is 31.6 Å². The van der Waals surface area contributed by atoms with Gasteiger partial charge >= 0.3 is 5.97 Å². The van der Waals surface area contributed by atoms with Gasteiger partial charge in [-0.2, -0.15) is 0 Å². The molecule has 1 amide bonds. The monoisotopic (exact) mass is 369 g/mol. The first kappa shape index (κ1) is 16.8. The zero-order valence-electron chi connectivity index (χ0n) is 12.3. The third-order valence-electron chi connectivity index (χ3n) is 3.46. The molecule has 0 heterocycles. The lowest BCUT2D eigenvalue weighted by Gasteiger charge is -2.12. The second kappa shape index (κ2) is 8.78. The first-order chi connectivity index (χ1) is 10.6. The summed E-state index contributed by atoms with van der Waals surface area (Å²) in [7, 11) is 0. The average Bonchev–Trinajstić information content (AvgIpc) is 2.98. The van der Waals surface area contributed by atoms with Crippen molar-refractivity contribution in [3.63, 3.8) is 0 Å². The van der Waals surface area contributed by atoms with Gasteiger partial charge in [-0.3, -0.25) is 9.59 Å². The molecule has 1 aliphatic carbocycles. The van der Waals surface area contributed by atoms with E-state index in [0.29, 0.717) is 5.75 Å². The maximum absolute atomic E-state index is 11.6. The lowest BCUT2D eigenvalue weighted by molar-refractivity contribution is -0.149. The minimum Gasteiger partial charge on any atom is -0.493 e. The Labute approximate surface area is 138 Å². The predicted molar refractivity (Wildman–Crippen MR) is 85.6 cm³/mol. The van der Waals surface area contributed by atoms with Gasteiger partial charge in [-0.05, 0) is 31.0 Å². The van der Waals surface area contributed by atoms with Gasteiger partial charge in [-0.25, -0.2) is 0 Å². The number of rotatable bonds is 7. The normalized spacial score (nSPS) is 14.6. The van der Waals surface area contributed by atoms with E-state index in [4.69, 9.17) is 9.47 Å². The van der Waals surface area contributed by atoms with Crippen LogP contribution < -0.4 is 10.1 Å². The van der Waals surface area contributed by atoms with Crippen molar-refractivity contribution in [2.75, 3.05) is 13.2 Å². The Bertz CT molecular complexity index is 515.